The molecular formula is C20H15FN2O2. The molecule has 124 valence electrons. The van der Waals surface area contributed by atoms with Crippen LogP contribution in [0.1, 0.15) is 17.9 Å². The van der Waals surface area contributed by atoms with Gasteiger partial charge in [-0.25, -0.2) is 4.39 Å². The summed E-state index contributed by atoms with van der Waals surface area (Å²) in [5.41, 5.74) is 1.67. The Kier molecular flexibility index (Phi) is 3.69. The maximum atomic E-state index is 13.4. The lowest BCUT2D eigenvalue weighted by molar-refractivity contribution is -0.123. The van der Waals surface area contributed by atoms with Crippen LogP contribution >= 0.6 is 0 Å². The number of halogens is 1. The van der Waals surface area contributed by atoms with E-state index >= 15 is 0 Å². The fourth-order valence-electron chi connectivity index (χ4n) is 3.23. The molecule has 1 atom stereocenters. The van der Waals surface area contributed by atoms with E-state index in [9.17, 15) is 14.0 Å². The summed E-state index contributed by atoms with van der Waals surface area (Å²) in [5, 5.41) is 7.48. The number of carbonyl (C=O) groups excluding carboxylic acids is 2. The summed E-state index contributed by atoms with van der Waals surface area (Å²) in [6.07, 6.45) is 0.0369. The van der Waals surface area contributed by atoms with Crippen molar-refractivity contribution < 1.29 is 14.0 Å². The molecule has 4 nitrogen and oxygen atoms in total. The quantitative estimate of drug-likeness (QED) is 0.743. The molecule has 5 heteroatoms. The third-order valence-electron chi connectivity index (χ3n) is 4.42. The van der Waals surface area contributed by atoms with Crippen LogP contribution in [0.5, 0.6) is 0 Å². The van der Waals surface area contributed by atoms with Gasteiger partial charge in [0.1, 0.15) is 5.82 Å². The molecule has 0 fully saturated rings. The van der Waals surface area contributed by atoms with Crippen LogP contribution in [-0.2, 0) is 9.59 Å². The fraction of sp³-hybridized carbons (Fsp3) is 0.100. The summed E-state index contributed by atoms with van der Waals surface area (Å²) in [5.74, 6) is -1.67. The van der Waals surface area contributed by atoms with Crippen LogP contribution in [0.4, 0.5) is 15.8 Å². The molecule has 0 aliphatic carbocycles. The minimum absolute atomic E-state index is 0.0369. The van der Waals surface area contributed by atoms with Crippen molar-refractivity contribution in [1.29, 1.82) is 0 Å². The van der Waals surface area contributed by atoms with E-state index in [2.05, 4.69) is 10.6 Å². The molecule has 0 radical (unpaired) electrons. The lowest BCUT2D eigenvalue weighted by atomic mass is 9.89. The Balaban J connectivity index is 1.69. The highest BCUT2D eigenvalue weighted by atomic mass is 19.1. The molecular weight excluding hydrogens is 319 g/mol. The van der Waals surface area contributed by atoms with E-state index in [1.807, 2.05) is 42.5 Å². The molecule has 0 saturated carbocycles. The second-order valence-corrected chi connectivity index (χ2v) is 6.05. The Morgan fingerprint density at radius 2 is 1.88 bits per heavy atom. The second-order valence-electron chi connectivity index (χ2n) is 6.05. The zero-order chi connectivity index (χ0) is 17.4. The maximum Gasteiger partial charge on any atom is 0.232 e. The molecule has 3 aromatic carbocycles. The first kappa shape index (κ1) is 15.3. The molecule has 1 unspecified atom stereocenters. The Hall–Kier alpha value is -3.21. The van der Waals surface area contributed by atoms with Gasteiger partial charge in [0.2, 0.25) is 11.8 Å². The number of nitrogens with one attached hydrogen (secondary N) is 2. The predicted molar refractivity (Wildman–Crippen MR) is 95.0 cm³/mol. The topological polar surface area (TPSA) is 58.2 Å². The number of hydrogen-bond donors (Lipinski definition) is 2. The standard InChI is InChI=1S/C20H15FN2O2/c21-13-8-9-15-16(11-19(24)22-18(15)10-13)20(25)23-17-7-3-5-12-4-1-2-6-14(12)17/h1-10,16H,11H2,(H,22,24)(H,23,25). The number of fused-ring (bicyclic) bond motifs is 2. The van der Waals surface area contributed by atoms with E-state index < -0.39 is 11.7 Å². The Bertz CT molecular complexity index is 995. The van der Waals surface area contributed by atoms with Gasteiger partial charge in [-0.15, -0.1) is 0 Å². The van der Waals surface area contributed by atoms with Gasteiger partial charge in [-0.05, 0) is 29.1 Å². The van der Waals surface area contributed by atoms with Crippen molar-refractivity contribution in [2.75, 3.05) is 10.6 Å². The van der Waals surface area contributed by atoms with Crippen LogP contribution in [0.3, 0.4) is 0 Å². The number of hydrogen-bond acceptors (Lipinski definition) is 2. The number of amides is 2. The zero-order valence-electron chi connectivity index (χ0n) is 13.3. The lowest BCUT2D eigenvalue weighted by Gasteiger charge is -2.25. The molecule has 0 saturated heterocycles. The highest BCUT2D eigenvalue weighted by Gasteiger charge is 2.31. The highest BCUT2D eigenvalue weighted by molar-refractivity contribution is 6.08. The van der Waals surface area contributed by atoms with E-state index in [0.29, 0.717) is 16.9 Å². The summed E-state index contributed by atoms with van der Waals surface area (Å²) in [7, 11) is 0. The number of anilines is 2. The van der Waals surface area contributed by atoms with Crippen molar-refractivity contribution in [1.82, 2.24) is 0 Å². The number of carbonyl (C=O) groups is 2. The molecule has 0 bridgehead atoms. The van der Waals surface area contributed by atoms with Crippen LogP contribution in [0.25, 0.3) is 10.8 Å². The summed E-state index contributed by atoms with van der Waals surface area (Å²) in [4.78, 5) is 24.7. The van der Waals surface area contributed by atoms with E-state index in [1.165, 1.54) is 12.1 Å². The lowest BCUT2D eigenvalue weighted by Crippen LogP contribution is -2.30. The highest BCUT2D eigenvalue weighted by Crippen LogP contribution is 2.34. The van der Waals surface area contributed by atoms with E-state index in [0.717, 1.165) is 10.8 Å². The van der Waals surface area contributed by atoms with Gasteiger partial charge in [-0.1, -0.05) is 42.5 Å². The van der Waals surface area contributed by atoms with E-state index in [4.69, 9.17) is 0 Å². The molecule has 1 heterocycles. The van der Waals surface area contributed by atoms with Crippen molar-refractivity contribution in [3.8, 4) is 0 Å². The number of rotatable bonds is 2. The molecule has 3 aromatic rings. The molecule has 1 aliphatic heterocycles. The molecule has 0 aromatic heterocycles. The van der Waals surface area contributed by atoms with Crippen molar-refractivity contribution in [2.45, 2.75) is 12.3 Å². The van der Waals surface area contributed by atoms with Crippen LogP contribution < -0.4 is 10.6 Å². The van der Waals surface area contributed by atoms with Gasteiger partial charge in [-0.3, -0.25) is 9.59 Å². The molecule has 4 rings (SSSR count). The monoisotopic (exact) mass is 334 g/mol. The summed E-state index contributed by atoms with van der Waals surface area (Å²) < 4.78 is 13.4. The van der Waals surface area contributed by atoms with Crippen molar-refractivity contribution in [3.63, 3.8) is 0 Å². The zero-order valence-corrected chi connectivity index (χ0v) is 13.3. The van der Waals surface area contributed by atoms with Crippen molar-refractivity contribution >= 4 is 34.0 Å². The Morgan fingerprint density at radius 1 is 1.08 bits per heavy atom. The third-order valence-corrected chi connectivity index (χ3v) is 4.42. The SMILES string of the molecule is O=C1CC(C(=O)Nc2cccc3ccccc23)c2ccc(F)cc2N1. The summed E-state index contributed by atoms with van der Waals surface area (Å²) in [6.45, 7) is 0. The first-order valence-electron chi connectivity index (χ1n) is 8.00. The molecule has 2 N–H and O–H groups in total. The second kappa shape index (κ2) is 6.02. The average Bonchev–Trinajstić information content (AvgIpc) is 2.61. The van der Waals surface area contributed by atoms with Gasteiger partial charge in [0.05, 0.1) is 5.92 Å². The minimum atomic E-state index is -0.650. The third kappa shape index (κ3) is 2.85. The molecule has 25 heavy (non-hydrogen) atoms. The smallest absolute Gasteiger partial charge is 0.232 e. The molecule has 1 aliphatic rings. The van der Waals surface area contributed by atoms with Gasteiger partial charge < -0.3 is 10.6 Å². The van der Waals surface area contributed by atoms with Gasteiger partial charge in [0.25, 0.3) is 0 Å². The van der Waals surface area contributed by atoms with Crippen molar-refractivity contribution in [3.05, 3.63) is 72.0 Å². The first-order valence-corrected chi connectivity index (χ1v) is 8.00. The van der Waals surface area contributed by atoms with Crippen LogP contribution in [0.2, 0.25) is 0 Å². The predicted octanol–water partition coefficient (Wildman–Crippen LogP) is 4.04. The van der Waals surface area contributed by atoms with Gasteiger partial charge in [0.15, 0.2) is 0 Å². The first-order chi connectivity index (χ1) is 12.1. The normalized spacial score (nSPS) is 16.2. The van der Waals surface area contributed by atoms with Gasteiger partial charge >= 0.3 is 0 Å². The van der Waals surface area contributed by atoms with Gasteiger partial charge in [0, 0.05) is 23.2 Å². The number of benzene rings is 3. The summed E-state index contributed by atoms with van der Waals surface area (Å²) in [6, 6.07) is 17.5. The largest absolute Gasteiger partial charge is 0.326 e. The fourth-order valence-corrected chi connectivity index (χ4v) is 3.23. The minimum Gasteiger partial charge on any atom is -0.326 e. The molecule has 2 amide bonds. The van der Waals surface area contributed by atoms with E-state index in [-0.39, 0.29) is 18.2 Å². The summed E-state index contributed by atoms with van der Waals surface area (Å²) >= 11 is 0. The van der Waals surface area contributed by atoms with E-state index in [1.54, 1.807) is 6.07 Å². The van der Waals surface area contributed by atoms with Crippen LogP contribution in [0.15, 0.2) is 60.7 Å². The Morgan fingerprint density at radius 3 is 2.76 bits per heavy atom. The Labute approximate surface area is 143 Å². The average molecular weight is 334 g/mol. The van der Waals surface area contributed by atoms with Crippen LogP contribution in [0, 0.1) is 5.82 Å². The van der Waals surface area contributed by atoms with Gasteiger partial charge in [-0.2, -0.15) is 0 Å². The van der Waals surface area contributed by atoms with Crippen LogP contribution in [-0.4, -0.2) is 11.8 Å². The van der Waals surface area contributed by atoms with Crippen molar-refractivity contribution in [2.24, 2.45) is 0 Å². The molecule has 0 spiro atoms. The maximum absolute atomic E-state index is 13.4.